The van der Waals surface area contributed by atoms with Crippen molar-refractivity contribution in [1.29, 1.82) is 0 Å². The molecule has 6 heteroatoms. The van der Waals surface area contributed by atoms with E-state index in [1.807, 2.05) is 0 Å². The first-order chi connectivity index (χ1) is 14.9. The van der Waals surface area contributed by atoms with E-state index in [0.29, 0.717) is 12.8 Å². The summed E-state index contributed by atoms with van der Waals surface area (Å²) in [6, 6.07) is 15.7. The maximum atomic E-state index is 5.74. The number of ether oxygens (including phenoxy) is 2. The Bertz CT molecular complexity index is 972. The normalized spacial score (nSPS) is 20.6. The molecule has 30 heavy (non-hydrogen) atoms. The third-order valence-corrected chi connectivity index (χ3v) is 7.35. The summed E-state index contributed by atoms with van der Waals surface area (Å²) in [5.74, 6) is 2.00. The lowest BCUT2D eigenvalue weighted by molar-refractivity contribution is -0.130. The van der Waals surface area contributed by atoms with Crippen LogP contribution in [0.4, 0.5) is 0 Å². The Morgan fingerprint density at radius 2 is 1.83 bits per heavy atom. The van der Waals surface area contributed by atoms with Gasteiger partial charge in [0.2, 0.25) is 0 Å². The third kappa shape index (κ3) is 4.41. The zero-order valence-corrected chi connectivity index (χ0v) is 18.2. The van der Waals surface area contributed by atoms with Gasteiger partial charge in [0.1, 0.15) is 12.6 Å². The van der Waals surface area contributed by atoms with Crippen molar-refractivity contribution in [2.45, 2.75) is 62.2 Å². The summed E-state index contributed by atoms with van der Waals surface area (Å²) in [7, 11) is 0. The van der Waals surface area contributed by atoms with Gasteiger partial charge in [-0.2, -0.15) is 0 Å². The van der Waals surface area contributed by atoms with Crippen LogP contribution in [0.2, 0.25) is 0 Å². The molecular formula is C24H29N3O2S. The van der Waals surface area contributed by atoms with Crippen LogP contribution in [-0.2, 0) is 15.9 Å². The lowest BCUT2D eigenvalue weighted by atomic mass is 9.95. The van der Waals surface area contributed by atoms with Gasteiger partial charge in [0.25, 0.3) is 0 Å². The van der Waals surface area contributed by atoms with Crippen LogP contribution in [0.15, 0.2) is 47.6 Å². The molecular weight excluding hydrogens is 394 g/mol. The highest BCUT2D eigenvalue weighted by atomic mass is 32.2. The number of aromatic nitrogens is 3. The number of nitrogens with zero attached hydrogens (tertiary/aromatic N) is 3. The minimum absolute atomic E-state index is 0.238. The maximum Gasteiger partial charge on any atom is 0.191 e. The SMILES string of the molecule is c1ccc2c(Cc3nnc(SC[C@H]4CCOCO4)n3C3CCCCC3)cccc2c1. The van der Waals surface area contributed by atoms with Gasteiger partial charge in [0.05, 0.1) is 12.7 Å². The Morgan fingerprint density at radius 3 is 2.70 bits per heavy atom. The van der Waals surface area contributed by atoms with Gasteiger partial charge in [-0.25, -0.2) is 0 Å². The summed E-state index contributed by atoms with van der Waals surface area (Å²) in [5.41, 5.74) is 1.32. The number of benzene rings is 2. The molecule has 158 valence electrons. The van der Waals surface area contributed by atoms with Gasteiger partial charge in [-0.1, -0.05) is 73.5 Å². The molecule has 0 unspecified atom stereocenters. The first kappa shape index (κ1) is 20.0. The molecule has 0 amide bonds. The monoisotopic (exact) mass is 423 g/mol. The Balaban J connectivity index is 1.42. The molecule has 2 aromatic carbocycles. The molecule has 2 fully saturated rings. The van der Waals surface area contributed by atoms with E-state index in [-0.39, 0.29) is 6.10 Å². The fourth-order valence-corrected chi connectivity index (χ4v) is 5.74. The molecule has 0 N–H and O–H groups in total. The second-order valence-electron chi connectivity index (χ2n) is 8.29. The molecule has 2 heterocycles. The smallest absolute Gasteiger partial charge is 0.191 e. The van der Waals surface area contributed by atoms with E-state index in [1.54, 1.807) is 11.8 Å². The summed E-state index contributed by atoms with van der Waals surface area (Å²) < 4.78 is 13.5. The van der Waals surface area contributed by atoms with E-state index in [0.717, 1.165) is 36.2 Å². The molecule has 0 bridgehead atoms. The van der Waals surface area contributed by atoms with Crippen LogP contribution in [0.25, 0.3) is 10.8 Å². The van der Waals surface area contributed by atoms with Crippen molar-refractivity contribution in [3.05, 3.63) is 53.9 Å². The highest BCUT2D eigenvalue weighted by molar-refractivity contribution is 7.99. The van der Waals surface area contributed by atoms with E-state index in [2.05, 4.69) is 57.2 Å². The molecule has 5 nitrogen and oxygen atoms in total. The molecule has 1 aliphatic heterocycles. The van der Waals surface area contributed by atoms with Crippen LogP contribution in [0.3, 0.4) is 0 Å². The second kappa shape index (κ2) is 9.50. The van der Waals surface area contributed by atoms with Gasteiger partial charge in [-0.3, -0.25) is 0 Å². The van der Waals surface area contributed by atoms with Crippen LogP contribution in [0.1, 0.15) is 56.0 Å². The standard InChI is InChI=1S/C24H29N3O2S/c1-2-10-20(11-3-1)27-23(15-19-9-6-8-18-7-4-5-12-22(18)19)25-26-24(27)30-16-21-13-14-28-17-29-21/h4-9,12,20-21H,1-3,10-11,13-17H2/t21-/m1/s1. The summed E-state index contributed by atoms with van der Waals surface area (Å²) in [6.07, 6.45) is 8.39. The minimum Gasteiger partial charge on any atom is -0.355 e. The lowest BCUT2D eigenvalue weighted by Gasteiger charge is -2.26. The molecule has 1 aliphatic carbocycles. The van der Waals surface area contributed by atoms with Gasteiger partial charge >= 0.3 is 0 Å². The third-order valence-electron chi connectivity index (χ3n) is 6.27. The quantitative estimate of drug-likeness (QED) is 0.498. The Morgan fingerprint density at radius 1 is 0.967 bits per heavy atom. The van der Waals surface area contributed by atoms with Gasteiger partial charge < -0.3 is 14.0 Å². The van der Waals surface area contributed by atoms with Crippen LogP contribution >= 0.6 is 11.8 Å². The van der Waals surface area contributed by atoms with Crippen molar-refractivity contribution < 1.29 is 9.47 Å². The largest absolute Gasteiger partial charge is 0.355 e. The Kier molecular flexibility index (Phi) is 6.34. The molecule has 2 aliphatic rings. The first-order valence-electron chi connectivity index (χ1n) is 11.1. The highest BCUT2D eigenvalue weighted by Crippen LogP contribution is 2.34. The van der Waals surface area contributed by atoms with Crippen molar-refractivity contribution in [3.8, 4) is 0 Å². The van der Waals surface area contributed by atoms with Crippen molar-refractivity contribution in [2.24, 2.45) is 0 Å². The molecule has 0 spiro atoms. The Hall–Kier alpha value is -1.89. The van der Waals surface area contributed by atoms with Crippen LogP contribution in [0.5, 0.6) is 0 Å². The number of hydrogen-bond donors (Lipinski definition) is 0. The van der Waals surface area contributed by atoms with Gasteiger partial charge in [0.15, 0.2) is 5.16 Å². The molecule has 1 atom stereocenters. The predicted octanol–water partition coefficient (Wildman–Crippen LogP) is 5.38. The number of fused-ring (bicyclic) bond motifs is 1. The topological polar surface area (TPSA) is 49.2 Å². The summed E-state index contributed by atoms with van der Waals surface area (Å²) in [5, 5.41) is 13.0. The summed E-state index contributed by atoms with van der Waals surface area (Å²) in [4.78, 5) is 0. The first-order valence-corrected chi connectivity index (χ1v) is 12.1. The highest BCUT2D eigenvalue weighted by Gasteiger charge is 2.24. The fourth-order valence-electron chi connectivity index (χ4n) is 4.65. The van der Waals surface area contributed by atoms with E-state index in [1.165, 1.54) is 48.4 Å². The van der Waals surface area contributed by atoms with Crippen molar-refractivity contribution >= 4 is 22.5 Å². The van der Waals surface area contributed by atoms with E-state index in [4.69, 9.17) is 9.47 Å². The van der Waals surface area contributed by atoms with Crippen molar-refractivity contribution in [1.82, 2.24) is 14.8 Å². The van der Waals surface area contributed by atoms with Crippen LogP contribution in [-0.4, -0.2) is 40.0 Å². The van der Waals surface area contributed by atoms with E-state index < -0.39 is 0 Å². The molecule has 0 radical (unpaired) electrons. The zero-order chi connectivity index (χ0) is 20.2. The maximum absolute atomic E-state index is 5.74. The molecule has 1 aromatic heterocycles. The number of thioether (sulfide) groups is 1. The molecule has 1 saturated carbocycles. The van der Waals surface area contributed by atoms with Crippen molar-refractivity contribution in [3.63, 3.8) is 0 Å². The van der Waals surface area contributed by atoms with Gasteiger partial charge in [-0.05, 0) is 35.6 Å². The molecule has 1 saturated heterocycles. The van der Waals surface area contributed by atoms with Gasteiger partial charge in [0, 0.05) is 18.2 Å². The van der Waals surface area contributed by atoms with Crippen LogP contribution < -0.4 is 0 Å². The number of rotatable bonds is 6. The number of hydrogen-bond acceptors (Lipinski definition) is 5. The average Bonchev–Trinajstić information content (AvgIpc) is 3.21. The zero-order valence-electron chi connectivity index (χ0n) is 17.3. The predicted molar refractivity (Wildman–Crippen MR) is 120 cm³/mol. The van der Waals surface area contributed by atoms with E-state index in [9.17, 15) is 0 Å². The minimum atomic E-state index is 0.238. The van der Waals surface area contributed by atoms with Crippen LogP contribution in [0, 0.1) is 0 Å². The molecule has 5 rings (SSSR count). The summed E-state index contributed by atoms with van der Waals surface area (Å²) in [6.45, 7) is 1.19. The van der Waals surface area contributed by atoms with Crippen molar-refractivity contribution in [2.75, 3.05) is 19.2 Å². The van der Waals surface area contributed by atoms with Gasteiger partial charge in [-0.15, -0.1) is 10.2 Å². The average molecular weight is 424 g/mol. The Labute approximate surface area is 182 Å². The lowest BCUT2D eigenvalue weighted by Crippen LogP contribution is -2.26. The fraction of sp³-hybridized carbons (Fsp3) is 0.500. The second-order valence-corrected chi connectivity index (χ2v) is 9.28. The summed E-state index contributed by atoms with van der Waals surface area (Å²) >= 11 is 1.79. The van der Waals surface area contributed by atoms with E-state index >= 15 is 0 Å². The molecule has 3 aromatic rings.